The minimum atomic E-state index is -0.946. The predicted octanol–water partition coefficient (Wildman–Crippen LogP) is 1.59. The lowest BCUT2D eigenvalue weighted by molar-refractivity contribution is 0.193. The average Bonchev–Trinajstić information content (AvgIpc) is 2.73. The molecule has 1 saturated carbocycles. The summed E-state index contributed by atoms with van der Waals surface area (Å²) < 4.78 is 1.89. The van der Waals surface area contributed by atoms with E-state index in [-0.39, 0.29) is 6.04 Å². The quantitative estimate of drug-likeness (QED) is 0.794. The Kier molecular flexibility index (Phi) is 2.38. The van der Waals surface area contributed by atoms with Crippen molar-refractivity contribution in [1.82, 2.24) is 15.1 Å². The van der Waals surface area contributed by atoms with Crippen LogP contribution in [0.15, 0.2) is 12.4 Å². The predicted molar refractivity (Wildman–Crippen MR) is 54.9 cm³/mol. The van der Waals surface area contributed by atoms with Crippen LogP contribution in [0.5, 0.6) is 0 Å². The van der Waals surface area contributed by atoms with Crippen molar-refractivity contribution in [1.29, 1.82) is 0 Å². The summed E-state index contributed by atoms with van der Waals surface area (Å²) in [5.41, 5.74) is 1.13. The molecule has 1 aromatic heterocycles. The van der Waals surface area contributed by atoms with E-state index in [9.17, 15) is 4.79 Å². The maximum Gasteiger partial charge on any atom is 0.404 e. The lowest BCUT2D eigenvalue weighted by Gasteiger charge is -2.03. The summed E-state index contributed by atoms with van der Waals surface area (Å²) in [4.78, 5) is 10.4. The fraction of sp³-hybridized carbons (Fsp3) is 0.600. The molecule has 2 atom stereocenters. The van der Waals surface area contributed by atoms with Gasteiger partial charge in [-0.05, 0) is 25.8 Å². The maximum atomic E-state index is 10.4. The van der Waals surface area contributed by atoms with Gasteiger partial charge in [0.15, 0.2) is 0 Å². The summed E-state index contributed by atoms with van der Waals surface area (Å²) in [6.07, 6.45) is 3.77. The average molecular weight is 209 g/mol. The minimum absolute atomic E-state index is 0.0762. The van der Waals surface area contributed by atoms with E-state index in [1.54, 1.807) is 0 Å². The molecule has 0 spiro atoms. The Morgan fingerprint density at radius 1 is 1.73 bits per heavy atom. The Bertz CT molecular complexity index is 372. The molecule has 82 valence electrons. The standard InChI is InChI=1S/C10H15N3O2/c1-6(2)13-5-7(4-11-13)8-3-9(8)12-10(14)15/h4-6,8-9,12H,3H2,1-2H3,(H,14,15). The van der Waals surface area contributed by atoms with Gasteiger partial charge in [0.05, 0.1) is 6.20 Å². The zero-order valence-corrected chi connectivity index (χ0v) is 8.84. The van der Waals surface area contributed by atoms with Crippen LogP contribution in [-0.2, 0) is 0 Å². The molecule has 5 heteroatoms. The first-order valence-electron chi connectivity index (χ1n) is 5.11. The van der Waals surface area contributed by atoms with Crippen LogP contribution in [0.4, 0.5) is 4.79 Å². The van der Waals surface area contributed by atoms with Crippen molar-refractivity contribution < 1.29 is 9.90 Å². The second-order valence-corrected chi connectivity index (χ2v) is 4.25. The van der Waals surface area contributed by atoms with Crippen molar-refractivity contribution in [2.45, 2.75) is 38.3 Å². The first kappa shape index (κ1) is 10.0. The molecular weight excluding hydrogens is 194 g/mol. The van der Waals surface area contributed by atoms with Crippen molar-refractivity contribution in [3.05, 3.63) is 18.0 Å². The number of rotatable bonds is 3. The molecule has 2 N–H and O–H groups in total. The Hall–Kier alpha value is -1.52. The summed E-state index contributed by atoms with van der Waals surface area (Å²) in [5, 5.41) is 15.3. The molecular formula is C10H15N3O2. The van der Waals surface area contributed by atoms with Gasteiger partial charge in [0.1, 0.15) is 0 Å². The van der Waals surface area contributed by atoms with Gasteiger partial charge in [-0.15, -0.1) is 0 Å². The van der Waals surface area contributed by atoms with Gasteiger partial charge >= 0.3 is 6.09 Å². The summed E-state index contributed by atoms with van der Waals surface area (Å²) >= 11 is 0. The molecule has 1 heterocycles. The van der Waals surface area contributed by atoms with E-state index >= 15 is 0 Å². The fourth-order valence-electron chi connectivity index (χ4n) is 1.71. The van der Waals surface area contributed by atoms with E-state index in [0.717, 1.165) is 12.0 Å². The Balaban J connectivity index is 1.98. The van der Waals surface area contributed by atoms with Gasteiger partial charge in [-0.2, -0.15) is 5.10 Å². The molecule has 1 aliphatic rings. The second kappa shape index (κ2) is 3.56. The smallest absolute Gasteiger partial charge is 0.404 e. The molecule has 1 aromatic rings. The van der Waals surface area contributed by atoms with Crippen LogP contribution in [0.3, 0.4) is 0 Å². The van der Waals surface area contributed by atoms with Gasteiger partial charge < -0.3 is 10.4 Å². The van der Waals surface area contributed by atoms with Gasteiger partial charge in [-0.1, -0.05) is 0 Å². The largest absolute Gasteiger partial charge is 0.465 e. The van der Waals surface area contributed by atoms with Gasteiger partial charge in [-0.3, -0.25) is 4.68 Å². The zero-order valence-electron chi connectivity index (χ0n) is 8.84. The SMILES string of the molecule is CC(C)n1cc(C2CC2NC(=O)O)cn1. The Labute approximate surface area is 88.1 Å². The molecule has 5 nitrogen and oxygen atoms in total. The topological polar surface area (TPSA) is 67.2 Å². The van der Waals surface area contributed by atoms with E-state index in [0.29, 0.717) is 12.0 Å². The molecule has 1 fully saturated rings. The molecule has 0 aromatic carbocycles. The van der Waals surface area contributed by atoms with Gasteiger partial charge in [0.25, 0.3) is 0 Å². The highest BCUT2D eigenvalue weighted by atomic mass is 16.4. The van der Waals surface area contributed by atoms with Crippen LogP contribution in [0, 0.1) is 0 Å². The van der Waals surface area contributed by atoms with E-state index in [2.05, 4.69) is 24.3 Å². The third-order valence-electron chi connectivity index (χ3n) is 2.68. The van der Waals surface area contributed by atoms with Crippen molar-refractivity contribution in [2.24, 2.45) is 0 Å². The summed E-state index contributed by atoms with van der Waals surface area (Å²) in [7, 11) is 0. The maximum absolute atomic E-state index is 10.4. The first-order valence-corrected chi connectivity index (χ1v) is 5.11. The van der Waals surface area contributed by atoms with Crippen molar-refractivity contribution in [2.75, 3.05) is 0 Å². The second-order valence-electron chi connectivity index (χ2n) is 4.25. The number of carboxylic acid groups (broad SMARTS) is 1. The van der Waals surface area contributed by atoms with Gasteiger partial charge in [0, 0.05) is 24.2 Å². The van der Waals surface area contributed by atoms with Crippen LogP contribution < -0.4 is 5.32 Å². The molecule has 2 rings (SSSR count). The molecule has 0 bridgehead atoms. The Morgan fingerprint density at radius 3 is 3.00 bits per heavy atom. The van der Waals surface area contributed by atoms with Gasteiger partial charge in [0.2, 0.25) is 0 Å². The normalized spacial score (nSPS) is 24.2. The van der Waals surface area contributed by atoms with E-state index in [1.165, 1.54) is 0 Å². The number of carbonyl (C=O) groups is 1. The molecule has 1 amide bonds. The summed E-state index contributed by atoms with van der Waals surface area (Å²) in [6.45, 7) is 4.13. The number of nitrogens with zero attached hydrogens (tertiary/aromatic N) is 2. The Morgan fingerprint density at radius 2 is 2.47 bits per heavy atom. The molecule has 0 radical (unpaired) electrons. The lowest BCUT2D eigenvalue weighted by Crippen LogP contribution is -2.24. The molecule has 0 aliphatic heterocycles. The third kappa shape index (κ3) is 2.11. The summed E-state index contributed by atoms with van der Waals surface area (Å²) in [6, 6.07) is 0.427. The monoisotopic (exact) mass is 209 g/mol. The molecule has 0 saturated heterocycles. The van der Waals surface area contributed by atoms with E-state index in [4.69, 9.17) is 5.11 Å². The van der Waals surface area contributed by atoms with Crippen LogP contribution in [0.1, 0.15) is 37.8 Å². The van der Waals surface area contributed by atoms with Crippen LogP contribution in [0.2, 0.25) is 0 Å². The highest BCUT2D eigenvalue weighted by Crippen LogP contribution is 2.40. The van der Waals surface area contributed by atoms with Gasteiger partial charge in [-0.25, -0.2) is 4.79 Å². The highest BCUT2D eigenvalue weighted by Gasteiger charge is 2.40. The van der Waals surface area contributed by atoms with Crippen molar-refractivity contribution in [3.63, 3.8) is 0 Å². The number of amides is 1. The van der Waals surface area contributed by atoms with E-state index < -0.39 is 6.09 Å². The number of hydrogen-bond acceptors (Lipinski definition) is 2. The number of aromatic nitrogens is 2. The van der Waals surface area contributed by atoms with E-state index in [1.807, 2.05) is 17.1 Å². The molecule has 2 unspecified atom stereocenters. The van der Waals surface area contributed by atoms with Crippen LogP contribution >= 0.6 is 0 Å². The summed E-state index contributed by atoms with van der Waals surface area (Å²) in [5.74, 6) is 0.314. The fourth-order valence-corrected chi connectivity index (χ4v) is 1.71. The highest BCUT2D eigenvalue weighted by molar-refractivity contribution is 5.65. The van der Waals surface area contributed by atoms with Crippen LogP contribution in [-0.4, -0.2) is 27.0 Å². The molecule has 15 heavy (non-hydrogen) atoms. The number of hydrogen-bond donors (Lipinski definition) is 2. The van der Waals surface area contributed by atoms with Crippen molar-refractivity contribution >= 4 is 6.09 Å². The zero-order chi connectivity index (χ0) is 11.0. The third-order valence-corrected chi connectivity index (χ3v) is 2.68. The van der Waals surface area contributed by atoms with Crippen molar-refractivity contribution in [3.8, 4) is 0 Å². The number of nitrogens with one attached hydrogen (secondary N) is 1. The molecule has 1 aliphatic carbocycles. The first-order chi connectivity index (χ1) is 7.08. The van der Waals surface area contributed by atoms with Crippen LogP contribution in [0.25, 0.3) is 0 Å². The minimum Gasteiger partial charge on any atom is -0.465 e. The lowest BCUT2D eigenvalue weighted by atomic mass is 10.2.